The Labute approximate surface area is 121 Å². The number of nitrogens with zero attached hydrogens (tertiary/aromatic N) is 3. The molecule has 20 heavy (non-hydrogen) atoms. The van der Waals surface area contributed by atoms with E-state index in [4.69, 9.17) is 4.74 Å². The molecule has 1 aromatic heterocycles. The van der Waals surface area contributed by atoms with Gasteiger partial charge in [0.25, 0.3) is 0 Å². The fraction of sp³-hybridized carbons (Fsp3) is 0.714. The third-order valence-corrected chi connectivity index (χ3v) is 2.88. The van der Waals surface area contributed by atoms with E-state index in [2.05, 4.69) is 25.2 Å². The Morgan fingerprint density at radius 3 is 2.70 bits per heavy atom. The molecule has 1 aromatic rings. The molecule has 114 valence electrons. The average Bonchev–Trinajstić information content (AvgIpc) is 2.98. The van der Waals surface area contributed by atoms with E-state index < -0.39 is 0 Å². The summed E-state index contributed by atoms with van der Waals surface area (Å²) >= 11 is 0. The Hall–Kier alpha value is -1.56. The number of guanidine groups is 1. The summed E-state index contributed by atoms with van der Waals surface area (Å²) in [6.45, 7) is 6.46. The largest absolute Gasteiger partial charge is 0.382 e. The minimum Gasteiger partial charge on any atom is -0.382 e. The van der Waals surface area contributed by atoms with Gasteiger partial charge in [0.05, 0.1) is 6.33 Å². The van der Waals surface area contributed by atoms with Gasteiger partial charge in [-0.05, 0) is 26.2 Å². The van der Waals surface area contributed by atoms with Crippen LogP contribution in [-0.2, 0) is 11.3 Å². The maximum Gasteiger partial charge on any atom is 0.190 e. The van der Waals surface area contributed by atoms with Gasteiger partial charge in [-0.2, -0.15) is 0 Å². The van der Waals surface area contributed by atoms with Gasteiger partial charge < -0.3 is 19.9 Å². The monoisotopic (exact) mass is 281 g/mol. The van der Waals surface area contributed by atoms with Gasteiger partial charge in [0.15, 0.2) is 5.96 Å². The van der Waals surface area contributed by atoms with Crippen LogP contribution in [0.15, 0.2) is 23.7 Å². The number of unbranched alkanes of at least 4 members (excludes halogenated alkanes) is 1. The predicted octanol–water partition coefficient (Wildman–Crippen LogP) is 1.25. The van der Waals surface area contributed by atoms with Crippen molar-refractivity contribution in [3.63, 3.8) is 0 Å². The number of aryl methyl sites for hydroxylation is 1. The molecule has 0 spiro atoms. The van der Waals surface area contributed by atoms with Crippen molar-refractivity contribution < 1.29 is 4.74 Å². The van der Waals surface area contributed by atoms with Crippen LogP contribution in [0.5, 0.6) is 0 Å². The van der Waals surface area contributed by atoms with Gasteiger partial charge in [-0.25, -0.2) is 4.98 Å². The molecule has 1 rings (SSSR count). The molecule has 0 fully saturated rings. The van der Waals surface area contributed by atoms with E-state index in [9.17, 15) is 0 Å². The van der Waals surface area contributed by atoms with Crippen LogP contribution in [0.4, 0.5) is 0 Å². The molecule has 0 atom stereocenters. The molecule has 0 unspecified atom stereocenters. The molecular weight excluding hydrogens is 254 g/mol. The van der Waals surface area contributed by atoms with Crippen molar-refractivity contribution in [2.45, 2.75) is 32.7 Å². The molecule has 1 heterocycles. The zero-order valence-electron chi connectivity index (χ0n) is 12.6. The number of aromatic nitrogens is 2. The van der Waals surface area contributed by atoms with Gasteiger partial charge >= 0.3 is 0 Å². The van der Waals surface area contributed by atoms with E-state index in [0.29, 0.717) is 0 Å². The van der Waals surface area contributed by atoms with E-state index in [1.165, 1.54) is 0 Å². The van der Waals surface area contributed by atoms with Gasteiger partial charge in [0.2, 0.25) is 0 Å². The highest BCUT2D eigenvalue weighted by Gasteiger charge is 1.97. The quantitative estimate of drug-likeness (QED) is 0.385. The summed E-state index contributed by atoms with van der Waals surface area (Å²) < 4.78 is 7.38. The SMILES string of the molecule is CCOCCCCNC(=NC)NCCCn1ccnc1. The van der Waals surface area contributed by atoms with Crippen molar-refractivity contribution in [2.24, 2.45) is 4.99 Å². The predicted molar refractivity (Wildman–Crippen MR) is 81.9 cm³/mol. The third kappa shape index (κ3) is 7.78. The first kappa shape index (κ1) is 16.5. The van der Waals surface area contributed by atoms with Crippen LogP contribution in [0.25, 0.3) is 0 Å². The Balaban J connectivity index is 1.99. The second-order valence-corrected chi connectivity index (χ2v) is 4.48. The number of hydrogen-bond donors (Lipinski definition) is 2. The van der Waals surface area contributed by atoms with E-state index in [1.807, 2.05) is 19.4 Å². The van der Waals surface area contributed by atoms with E-state index in [-0.39, 0.29) is 0 Å². The normalized spacial score (nSPS) is 11.6. The molecule has 0 aliphatic heterocycles. The summed E-state index contributed by atoms with van der Waals surface area (Å²) in [6.07, 6.45) is 8.84. The fourth-order valence-electron chi connectivity index (χ4n) is 1.79. The number of imidazole rings is 1. The first-order valence-electron chi connectivity index (χ1n) is 7.34. The second kappa shape index (κ2) is 11.3. The molecule has 0 saturated carbocycles. The van der Waals surface area contributed by atoms with Crippen molar-refractivity contribution in [1.29, 1.82) is 0 Å². The lowest BCUT2D eigenvalue weighted by atomic mass is 10.3. The van der Waals surface area contributed by atoms with Gasteiger partial charge in [-0.1, -0.05) is 0 Å². The van der Waals surface area contributed by atoms with Crippen LogP contribution >= 0.6 is 0 Å². The second-order valence-electron chi connectivity index (χ2n) is 4.48. The lowest BCUT2D eigenvalue weighted by molar-refractivity contribution is 0.143. The molecule has 0 bridgehead atoms. The van der Waals surface area contributed by atoms with Gasteiger partial charge in [0.1, 0.15) is 0 Å². The van der Waals surface area contributed by atoms with Crippen molar-refractivity contribution in [2.75, 3.05) is 33.4 Å². The summed E-state index contributed by atoms with van der Waals surface area (Å²) in [5, 5.41) is 6.61. The first-order chi connectivity index (χ1) is 9.86. The summed E-state index contributed by atoms with van der Waals surface area (Å²) in [5.74, 6) is 0.868. The Bertz CT molecular complexity index is 350. The zero-order valence-corrected chi connectivity index (χ0v) is 12.6. The van der Waals surface area contributed by atoms with Crippen LogP contribution in [0.3, 0.4) is 0 Å². The fourth-order valence-corrected chi connectivity index (χ4v) is 1.79. The highest BCUT2D eigenvalue weighted by Crippen LogP contribution is 1.90. The maximum atomic E-state index is 5.30. The number of nitrogens with one attached hydrogen (secondary N) is 2. The summed E-state index contributed by atoms with van der Waals surface area (Å²) in [4.78, 5) is 8.22. The van der Waals surface area contributed by atoms with Crippen molar-refractivity contribution in [1.82, 2.24) is 20.2 Å². The average molecular weight is 281 g/mol. The zero-order chi connectivity index (χ0) is 14.5. The highest BCUT2D eigenvalue weighted by atomic mass is 16.5. The first-order valence-corrected chi connectivity index (χ1v) is 7.34. The standard InChI is InChI=1S/C14H27N5O/c1-3-20-12-5-4-7-17-14(15-2)18-8-6-10-19-11-9-16-13-19/h9,11,13H,3-8,10,12H2,1-2H3,(H2,15,17,18). The number of ether oxygens (including phenoxy) is 1. The molecular formula is C14H27N5O. The van der Waals surface area contributed by atoms with Gasteiger partial charge in [-0.3, -0.25) is 4.99 Å². The summed E-state index contributed by atoms with van der Waals surface area (Å²) in [7, 11) is 1.80. The lowest BCUT2D eigenvalue weighted by Gasteiger charge is -2.11. The Kier molecular flexibility index (Phi) is 9.30. The molecule has 0 aliphatic rings. The van der Waals surface area contributed by atoms with Gasteiger partial charge in [0, 0.05) is 52.3 Å². The summed E-state index contributed by atoms with van der Waals surface area (Å²) in [6, 6.07) is 0. The van der Waals surface area contributed by atoms with Crippen LogP contribution in [0.1, 0.15) is 26.2 Å². The maximum absolute atomic E-state index is 5.30. The van der Waals surface area contributed by atoms with E-state index in [0.717, 1.165) is 58.1 Å². The van der Waals surface area contributed by atoms with E-state index >= 15 is 0 Å². The molecule has 0 amide bonds. The topological polar surface area (TPSA) is 63.5 Å². The Morgan fingerprint density at radius 2 is 2.05 bits per heavy atom. The van der Waals surface area contributed by atoms with Gasteiger partial charge in [-0.15, -0.1) is 0 Å². The molecule has 0 saturated heterocycles. The van der Waals surface area contributed by atoms with E-state index in [1.54, 1.807) is 13.2 Å². The lowest BCUT2D eigenvalue weighted by Crippen LogP contribution is -2.38. The van der Waals surface area contributed by atoms with Crippen molar-refractivity contribution >= 4 is 5.96 Å². The highest BCUT2D eigenvalue weighted by molar-refractivity contribution is 5.79. The van der Waals surface area contributed by atoms with Crippen molar-refractivity contribution in [3.8, 4) is 0 Å². The smallest absolute Gasteiger partial charge is 0.190 e. The molecule has 0 aliphatic carbocycles. The molecule has 2 N–H and O–H groups in total. The minimum atomic E-state index is 0.799. The molecule has 6 heteroatoms. The van der Waals surface area contributed by atoms with Crippen LogP contribution in [-0.4, -0.2) is 48.9 Å². The molecule has 0 radical (unpaired) electrons. The van der Waals surface area contributed by atoms with Crippen LogP contribution in [0.2, 0.25) is 0 Å². The Morgan fingerprint density at radius 1 is 1.25 bits per heavy atom. The molecule has 6 nitrogen and oxygen atoms in total. The number of aliphatic imine (C=N–C) groups is 1. The van der Waals surface area contributed by atoms with Crippen LogP contribution in [0, 0.1) is 0 Å². The third-order valence-electron chi connectivity index (χ3n) is 2.88. The van der Waals surface area contributed by atoms with Crippen molar-refractivity contribution in [3.05, 3.63) is 18.7 Å². The number of rotatable bonds is 10. The minimum absolute atomic E-state index is 0.799. The van der Waals surface area contributed by atoms with Crippen LogP contribution < -0.4 is 10.6 Å². The molecule has 0 aromatic carbocycles. The summed E-state index contributed by atoms with van der Waals surface area (Å²) in [5.41, 5.74) is 0. The number of hydrogen-bond acceptors (Lipinski definition) is 3.